The van der Waals surface area contributed by atoms with Crippen molar-refractivity contribution in [3.05, 3.63) is 118 Å². The van der Waals surface area contributed by atoms with Crippen molar-refractivity contribution in [3.8, 4) is 5.69 Å². The molecule has 1 aliphatic rings. The predicted octanol–water partition coefficient (Wildman–Crippen LogP) is 4.92. The number of rotatable bonds is 8. The van der Waals surface area contributed by atoms with Crippen molar-refractivity contribution < 1.29 is 4.79 Å². The fourth-order valence-electron chi connectivity index (χ4n) is 4.63. The zero-order valence-corrected chi connectivity index (χ0v) is 22.2. The number of carbonyl (C=O) groups excluding carboxylic acids is 1. The summed E-state index contributed by atoms with van der Waals surface area (Å²) in [6.07, 6.45) is 1.54. The maximum atomic E-state index is 12.6. The maximum Gasteiger partial charge on any atom is 0.271 e. The summed E-state index contributed by atoms with van der Waals surface area (Å²) in [5, 5.41) is 8.84. The van der Waals surface area contributed by atoms with Crippen molar-refractivity contribution in [2.75, 3.05) is 26.2 Å². The highest BCUT2D eigenvalue weighted by atomic mass is 35.5. The third-order valence-electron chi connectivity index (χ3n) is 6.81. The van der Waals surface area contributed by atoms with E-state index in [9.17, 15) is 4.79 Å². The number of piperazine rings is 1. The molecule has 5 rings (SSSR count). The summed E-state index contributed by atoms with van der Waals surface area (Å²) < 4.78 is 1.76. The minimum absolute atomic E-state index is 0.272. The SMILES string of the molecule is Cc1c(/C=N\NC(=O)c2ccc(CN3CCN(Cc4ccccc4)CC3)cc2)c(Cl)nn1-c1ccccc1. The molecule has 194 valence electrons. The highest BCUT2D eigenvalue weighted by Crippen LogP contribution is 2.20. The number of hydrogen-bond donors (Lipinski definition) is 1. The van der Waals surface area contributed by atoms with Gasteiger partial charge in [0.1, 0.15) is 0 Å². The lowest BCUT2D eigenvalue weighted by molar-refractivity contribution is 0.0955. The Balaban J connectivity index is 1.11. The molecule has 1 N–H and O–H groups in total. The number of amides is 1. The quantitative estimate of drug-likeness (QED) is 0.261. The highest BCUT2D eigenvalue weighted by molar-refractivity contribution is 6.32. The molecule has 4 aromatic rings. The Bertz CT molecular complexity index is 1380. The van der Waals surface area contributed by atoms with Gasteiger partial charge in [0.2, 0.25) is 0 Å². The first-order chi connectivity index (χ1) is 18.6. The largest absolute Gasteiger partial charge is 0.297 e. The first-order valence-corrected chi connectivity index (χ1v) is 13.2. The second-order valence-corrected chi connectivity index (χ2v) is 9.83. The molecule has 1 saturated heterocycles. The van der Waals surface area contributed by atoms with E-state index in [1.54, 1.807) is 4.68 Å². The van der Waals surface area contributed by atoms with Crippen LogP contribution in [-0.2, 0) is 13.1 Å². The molecule has 0 saturated carbocycles. The van der Waals surface area contributed by atoms with E-state index in [0.29, 0.717) is 16.3 Å². The molecular formula is C30H31ClN6O. The number of benzene rings is 3. The number of hydrogen-bond acceptors (Lipinski definition) is 5. The second kappa shape index (κ2) is 12.2. The minimum Gasteiger partial charge on any atom is -0.297 e. The van der Waals surface area contributed by atoms with E-state index >= 15 is 0 Å². The fraction of sp³-hybridized carbons (Fsp3) is 0.233. The van der Waals surface area contributed by atoms with Crippen LogP contribution in [0.15, 0.2) is 90.0 Å². The Hall–Kier alpha value is -3.78. The van der Waals surface area contributed by atoms with Crippen LogP contribution < -0.4 is 5.43 Å². The van der Waals surface area contributed by atoms with Gasteiger partial charge in [0.05, 0.1) is 23.2 Å². The Morgan fingerprint density at radius 3 is 2.03 bits per heavy atom. The van der Waals surface area contributed by atoms with Gasteiger partial charge in [-0.2, -0.15) is 10.2 Å². The molecular weight excluding hydrogens is 496 g/mol. The van der Waals surface area contributed by atoms with Crippen molar-refractivity contribution in [2.45, 2.75) is 20.0 Å². The van der Waals surface area contributed by atoms with Crippen LogP contribution in [0.1, 0.15) is 32.7 Å². The van der Waals surface area contributed by atoms with Gasteiger partial charge in [-0.3, -0.25) is 14.6 Å². The van der Waals surface area contributed by atoms with Crippen molar-refractivity contribution in [2.24, 2.45) is 5.10 Å². The van der Waals surface area contributed by atoms with E-state index in [1.165, 1.54) is 17.3 Å². The summed E-state index contributed by atoms with van der Waals surface area (Å²) in [6, 6.07) is 28.1. The van der Waals surface area contributed by atoms with Gasteiger partial charge >= 0.3 is 0 Å². The number of aromatic nitrogens is 2. The van der Waals surface area contributed by atoms with Crippen LogP contribution in [0, 0.1) is 6.92 Å². The molecule has 1 fully saturated rings. The molecule has 0 aliphatic carbocycles. The third kappa shape index (κ3) is 6.37. The highest BCUT2D eigenvalue weighted by Gasteiger charge is 2.17. The topological polar surface area (TPSA) is 65.8 Å². The van der Waals surface area contributed by atoms with Gasteiger partial charge in [-0.15, -0.1) is 0 Å². The molecule has 2 heterocycles. The Kier molecular flexibility index (Phi) is 8.28. The summed E-state index contributed by atoms with van der Waals surface area (Å²) in [6.45, 7) is 7.98. The summed E-state index contributed by atoms with van der Waals surface area (Å²) in [5.74, 6) is -0.272. The lowest BCUT2D eigenvalue weighted by atomic mass is 10.1. The molecule has 7 nitrogen and oxygen atoms in total. The number of halogens is 1. The lowest BCUT2D eigenvalue weighted by Crippen LogP contribution is -2.45. The Labute approximate surface area is 228 Å². The van der Waals surface area contributed by atoms with Gasteiger partial charge in [0.25, 0.3) is 5.91 Å². The van der Waals surface area contributed by atoms with Crippen LogP contribution in [0.2, 0.25) is 5.15 Å². The average Bonchev–Trinajstić information content (AvgIpc) is 3.24. The third-order valence-corrected chi connectivity index (χ3v) is 7.09. The number of para-hydroxylation sites is 1. The van der Waals surface area contributed by atoms with Gasteiger partial charge < -0.3 is 0 Å². The molecule has 0 bridgehead atoms. The first kappa shape index (κ1) is 25.9. The molecule has 8 heteroatoms. The van der Waals surface area contributed by atoms with Crippen LogP contribution in [0.5, 0.6) is 0 Å². The number of nitrogens with one attached hydrogen (secondary N) is 1. The van der Waals surface area contributed by atoms with E-state index in [0.717, 1.165) is 50.6 Å². The summed E-state index contributed by atoms with van der Waals surface area (Å²) in [5.41, 5.74) is 8.11. The molecule has 0 atom stereocenters. The maximum absolute atomic E-state index is 12.6. The molecule has 3 aromatic carbocycles. The van der Waals surface area contributed by atoms with Crippen LogP contribution in [0.25, 0.3) is 5.69 Å². The molecule has 0 unspecified atom stereocenters. The van der Waals surface area contributed by atoms with Gasteiger partial charge in [-0.05, 0) is 42.3 Å². The molecule has 38 heavy (non-hydrogen) atoms. The van der Waals surface area contributed by atoms with Crippen molar-refractivity contribution in [1.82, 2.24) is 25.0 Å². The minimum atomic E-state index is -0.272. The van der Waals surface area contributed by atoms with Crippen molar-refractivity contribution in [3.63, 3.8) is 0 Å². The van der Waals surface area contributed by atoms with E-state index < -0.39 is 0 Å². The second-order valence-electron chi connectivity index (χ2n) is 9.47. The van der Waals surface area contributed by atoms with E-state index in [4.69, 9.17) is 11.6 Å². The van der Waals surface area contributed by atoms with Crippen LogP contribution in [-0.4, -0.2) is 57.9 Å². The molecule has 1 aliphatic heterocycles. The van der Waals surface area contributed by atoms with E-state index in [2.05, 4.69) is 55.8 Å². The van der Waals surface area contributed by atoms with Gasteiger partial charge in [0, 0.05) is 44.8 Å². The average molecular weight is 527 g/mol. The smallest absolute Gasteiger partial charge is 0.271 e. The normalized spacial score (nSPS) is 14.7. The molecule has 1 aromatic heterocycles. The van der Waals surface area contributed by atoms with Crippen LogP contribution in [0.3, 0.4) is 0 Å². The van der Waals surface area contributed by atoms with E-state index in [1.807, 2.05) is 61.5 Å². The molecule has 0 radical (unpaired) electrons. The fourth-order valence-corrected chi connectivity index (χ4v) is 4.90. The summed E-state index contributed by atoms with van der Waals surface area (Å²) in [4.78, 5) is 17.6. The zero-order valence-electron chi connectivity index (χ0n) is 21.4. The first-order valence-electron chi connectivity index (χ1n) is 12.8. The standard InChI is InChI=1S/C30H31ClN6O/c1-23-28(29(31)34-37(23)27-10-6-3-7-11-27)20-32-33-30(38)26-14-12-25(13-15-26)22-36-18-16-35(17-19-36)21-24-8-4-2-5-9-24/h2-15,20H,16-19,21-22H2,1H3,(H,33,38)/b32-20-. The van der Waals surface area contributed by atoms with E-state index in [-0.39, 0.29) is 5.91 Å². The Morgan fingerprint density at radius 2 is 1.42 bits per heavy atom. The lowest BCUT2D eigenvalue weighted by Gasteiger charge is -2.34. The Morgan fingerprint density at radius 1 is 0.868 bits per heavy atom. The van der Waals surface area contributed by atoms with Gasteiger partial charge in [0.15, 0.2) is 5.15 Å². The molecule has 1 amide bonds. The summed E-state index contributed by atoms with van der Waals surface area (Å²) in [7, 11) is 0. The van der Waals surface area contributed by atoms with Crippen LogP contribution in [0.4, 0.5) is 0 Å². The number of nitrogens with zero attached hydrogens (tertiary/aromatic N) is 5. The number of hydrazone groups is 1. The van der Waals surface area contributed by atoms with Gasteiger partial charge in [-0.1, -0.05) is 72.3 Å². The summed E-state index contributed by atoms with van der Waals surface area (Å²) >= 11 is 6.33. The van der Waals surface area contributed by atoms with Crippen LogP contribution >= 0.6 is 11.6 Å². The van der Waals surface area contributed by atoms with Crippen molar-refractivity contribution >= 4 is 23.7 Å². The van der Waals surface area contributed by atoms with Crippen molar-refractivity contribution in [1.29, 1.82) is 0 Å². The zero-order chi connectivity index (χ0) is 26.3. The van der Waals surface area contributed by atoms with Gasteiger partial charge in [-0.25, -0.2) is 10.1 Å². The number of carbonyl (C=O) groups is 1. The molecule has 0 spiro atoms. The monoisotopic (exact) mass is 526 g/mol. The predicted molar refractivity (Wildman–Crippen MR) is 152 cm³/mol.